The normalized spacial score (nSPS) is 15.1. The van der Waals surface area contributed by atoms with Gasteiger partial charge in [0.2, 0.25) is 5.91 Å². The van der Waals surface area contributed by atoms with Crippen molar-refractivity contribution in [2.24, 2.45) is 5.92 Å². The van der Waals surface area contributed by atoms with E-state index >= 15 is 0 Å². The highest BCUT2D eigenvalue weighted by Crippen LogP contribution is 2.20. The summed E-state index contributed by atoms with van der Waals surface area (Å²) in [5.41, 5.74) is 0.919. The fourth-order valence-electron chi connectivity index (χ4n) is 2.14. The smallest absolute Gasteiger partial charge is 0.227 e. The number of hydrogen-bond acceptors (Lipinski definition) is 3. The molecule has 1 saturated heterocycles. The van der Waals surface area contributed by atoms with E-state index in [9.17, 15) is 9.18 Å². The molecule has 2 N–H and O–H groups in total. The van der Waals surface area contributed by atoms with Gasteiger partial charge >= 0.3 is 0 Å². The number of benzene rings is 1. The zero-order valence-corrected chi connectivity index (χ0v) is 11.7. The van der Waals surface area contributed by atoms with Crippen LogP contribution in [0.3, 0.4) is 0 Å². The van der Waals surface area contributed by atoms with Crippen LogP contribution in [0.15, 0.2) is 18.2 Å². The van der Waals surface area contributed by atoms with Crippen molar-refractivity contribution in [1.29, 1.82) is 0 Å². The second kappa shape index (κ2) is 7.77. The lowest BCUT2D eigenvalue weighted by Gasteiger charge is -2.21. The van der Waals surface area contributed by atoms with Crippen molar-refractivity contribution < 1.29 is 19.0 Å². The van der Waals surface area contributed by atoms with Crippen molar-refractivity contribution in [3.05, 3.63) is 29.6 Å². The zero-order valence-electron chi connectivity index (χ0n) is 11.7. The summed E-state index contributed by atoms with van der Waals surface area (Å²) in [7, 11) is 0. The molecule has 1 aliphatic rings. The number of ether oxygens (including phenoxy) is 1. The Morgan fingerprint density at radius 2 is 2.19 bits per heavy atom. The van der Waals surface area contributed by atoms with Gasteiger partial charge in [-0.1, -0.05) is 11.8 Å². The number of nitrogens with one attached hydrogen (secondary N) is 1. The quantitative estimate of drug-likeness (QED) is 0.837. The van der Waals surface area contributed by atoms with Gasteiger partial charge in [0.05, 0.1) is 17.9 Å². The van der Waals surface area contributed by atoms with Crippen molar-refractivity contribution >= 4 is 11.6 Å². The summed E-state index contributed by atoms with van der Waals surface area (Å²) in [4.78, 5) is 12.2. The van der Waals surface area contributed by atoms with Gasteiger partial charge in [-0.25, -0.2) is 4.39 Å². The van der Waals surface area contributed by atoms with E-state index < -0.39 is 5.82 Å². The molecule has 0 radical (unpaired) electrons. The number of carbonyl (C=O) groups is 1. The maximum absolute atomic E-state index is 13.3. The monoisotopic (exact) mass is 291 g/mol. The molecule has 2 rings (SSSR count). The summed E-state index contributed by atoms with van der Waals surface area (Å²) in [6.07, 6.45) is 1.70. The van der Waals surface area contributed by atoms with E-state index in [1.807, 2.05) is 0 Å². The van der Waals surface area contributed by atoms with Crippen LogP contribution in [0.5, 0.6) is 0 Å². The van der Waals surface area contributed by atoms with Gasteiger partial charge in [-0.2, -0.15) is 0 Å². The predicted molar refractivity (Wildman–Crippen MR) is 77.2 cm³/mol. The summed E-state index contributed by atoms with van der Waals surface area (Å²) < 4.78 is 18.5. The molecule has 21 heavy (non-hydrogen) atoms. The van der Waals surface area contributed by atoms with Crippen molar-refractivity contribution in [2.75, 3.05) is 25.1 Å². The summed E-state index contributed by atoms with van der Waals surface area (Å²) in [6.45, 7) is 1.13. The van der Waals surface area contributed by atoms with Crippen LogP contribution in [0.25, 0.3) is 0 Å². The number of aliphatic hydroxyl groups excluding tert-OH is 1. The van der Waals surface area contributed by atoms with Crippen molar-refractivity contribution in [2.45, 2.75) is 19.3 Å². The van der Waals surface area contributed by atoms with E-state index in [1.54, 1.807) is 0 Å². The fourth-order valence-corrected chi connectivity index (χ4v) is 2.14. The largest absolute Gasteiger partial charge is 0.395 e. The van der Waals surface area contributed by atoms with E-state index in [2.05, 4.69) is 17.2 Å². The topological polar surface area (TPSA) is 58.6 Å². The fraction of sp³-hybridized carbons (Fsp3) is 0.438. The zero-order chi connectivity index (χ0) is 15.1. The molecule has 5 heteroatoms. The molecule has 1 aliphatic heterocycles. The average molecular weight is 291 g/mol. The highest BCUT2D eigenvalue weighted by molar-refractivity contribution is 5.93. The SMILES string of the molecule is O=C(Nc1ccc(F)cc1C#CCCO)C1CCOCC1. The van der Waals surface area contributed by atoms with E-state index in [-0.39, 0.29) is 18.4 Å². The third-order valence-corrected chi connectivity index (χ3v) is 3.29. The van der Waals surface area contributed by atoms with Crippen LogP contribution in [-0.2, 0) is 9.53 Å². The lowest BCUT2D eigenvalue weighted by molar-refractivity contribution is -0.122. The molecule has 1 fully saturated rings. The van der Waals surface area contributed by atoms with E-state index in [4.69, 9.17) is 9.84 Å². The number of rotatable bonds is 3. The van der Waals surface area contributed by atoms with Crippen LogP contribution in [0.1, 0.15) is 24.8 Å². The molecule has 0 aromatic heterocycles. The standard InChI is InChI=1S/C16H18FNO3/c17-14-4-5-15(13(11-14)3-1-2-8-19)18-16(20)12-6-9-21-10-7-12/h4-5,11-12,19H,2,6-10H2,(H,18,20). The Morgan fingerprint density at radius 3 is 2.90 bits per heavy atom. The molecular weight excluding hydrogens is 273 g/mol. The van der Waals surface area contributed by atoms with Gasteiger partial charge in [0.25, 0.3) is 0 Å². The minimum atomic E-state index is -0.410. The molecule has 0 unspecified atom stereocenters. The van der Waals surface area contributed by atoms with Gasteiger partial charge in [-0.15, -0.1) is 0 Å². The molecule has 1 heterocycles. The van der Waals surface area contributed by atoms with Gasteiger partial charge in [0.15, 0.2) is 0 Å². The molecule has 1 aromatic carbocycles. The number of amides is 1. The minimum Gasteiger partial charge on any atom is -0.395 e. The summed E-state index contributed by atoms with van der Waals surface area (Å²) in [6, 6.07) is 4.08. The minimum absolute atomic E-state index is 0.0495. The molecule has 112 valence electrons. The van der Waals surface area contributed by atoms with Crippen molar-refractivity contribution in [1.82, 2.24) is 0 Å². The molecule has 0 spiro atoms. The Bertz CT molecular complexity index is 556. The first-order chi connectivity index (χ1) is 10.2. The average Bonchev–Trinajstić information content (AvgIpc) is 2.51. The van der Waals surface area contributed by atoms with Gasteiger partial charge in [-0.3, -0.25) is 4.79 Å². The van der Waals surface area contributed by atoms with Crippen LogP contribution < -0.4 is 5.32 Å². The van der Waals surface area contributed by atoms with E-state index in [0.29, 0.717) is 43.7 Å². The Morgan fingerprint density at radius 1 is 1.43 bits per heavy atom. The molecule has 0 atom stereocenters. The lowest BCUT2D eigenvalue weighted by atomic mass is 9.99. The lowest BCUT2D eigenvalue weighted by Crippen LogP contribution is -2.28. The summed E-state index contributed by atoms with van der Waals surface area (Å²) in [5, 5.41) is 11.5. The Hall–Kier alpha value is -1.90. The Balaban J connectivity index is 2.11. The Labute approximate surface area is 123 Å². The first kappa shape index (κ1) is 15.5. The molecule has 1 aromatic rings. The van der Waals surface area contributed by atoms with Crippen LogP contribution >= 0.6 is 0 Å². The summed E-state index contributed by atoms with van der Waals surface area (Å²) in [5.74, 6) is 4.93. The van der Waals surface area contributed by atoms with Crippen LogP contribution in [0, 0.1) is 23.6 Å². The van der Waals surface area contributed by atoms with Gasteiger partial charge in [0.1, 0.15) is 5.82 Å². The van der Waals surface area contributed by atoms with Crippen molar-refractivity contribution in [3.8, 4) is 11.8 Å². The maximum Gasteiger partial charge on any atom is 0.227 e. The number of carbonyl (C=O) groups excluding carboxylic acids is 1. The highest BCUT2D eigenvalue weighted by atomic mass is 19.1. The molecule has 1 amide bonds. The number of halogens is 1. The van der Waals surface area contributed by atoms with Crippen LogP contribution in [-0.4, -0.2) is 30.8 Å². The predicted octanol–water partition coefficient (Wildman–Crippen LogP) is 1.92. The molecule has 0 saturated carbocycles. The summed E-state index contributed by atoms with van der Waals surface area (Å²) >= 11 is 0. The van der Waals surface area contributed by atoms with E-state index in [1.165, 1.54) is 18.2 Å². The third-order valence-electron chi connectivity index (χ3n) is 3.29. The molecule has 0 aliphatic carbocycles. The first-order valence-electron chi connectivity index (χ1n) is 6.98. The van der Waals surface area contributed by atoms with E-state index in [0.717, 1.165) is 0 Å². The third kappa shape index (κ3) is 4.55. The molecular formula is C16H18FNO3. The number of anilines is 1. The highest BCUT2D eigenvalue weighted by Gasteiger charge is 2.22. The van der Waals surface area contributed by atoms with Crippen molar-refractivity contribution in [3.63, 3.8) is 0 Å². The van der Waals surface area contributed by atoms with Crippen LogP contribution in [0.2, 0.25) is 0 Å². The first-order valence-corrected chi connectivity index (χ1v) is 6.98. The second-order valence-corrected chi connectivity index (χ2v) is 4.84. The second-order valence-electron chi connectivity index (χ2n) is 4.84. The molecule has 4 nitrogen and oxygen atoms in total. The maximum atomic E-state index is 13.3. The molecule has 0 bridgehead atoms. The Kier molecular flexibility index (Phi) is 5.73. The van der Waals surface area contributed by atoms with Gasteiger partial charge < -0.3 is 15.2 Å². The number of aliphatic hydroxyl groups is 1. The number of hydrogen-bond donors (Lipinski definition) is 2. The van der Waals surface area contributed by atoms with Gasteiger partial charge in [-0.05, 0) is 31.0 Å². The van der Waals surface area contributed by atoms with Crippen LogP contribution in [0.4, 0.5) is 10.1 Å². The van der Waals surface area contributed by atoms with Gasteiger partial charge in [0, 0.05) is 25.6 Å².